The molecule has 0 unspecified atom stereocenters. The lowest BCUT2D eigenvalue weighted by Gasteiger charge is -2.06. The molecule has 0 saturated heterocycles. The zero-order valence-electron chi connectivity index (χ0n) is 13.1. The van der Waals surface area contributed by atoms with Crippen molar-refractivity contribution in [2.45, 2.75) is 33.0 Å². The fraction of sp³-hybridized carbons (Fsp3) is 0.312. The zero-order valence-corrected chi connectivity index (χ0v) is 13.9. The van der Waals surface area contributed by atoms with E-state index >= 15 is 0 Å². The molecule has 0 aliphatic carbocycles. The molecule has 4 nitrogen and oxygen atoms in total. The molecule has 24 heavy (non-hydrogen) atoms. The first-order valence-electron chi connectivity index (χ1n) is 7.39. The van der Waals surface area contributed by atoms with Gasteiger partial charge >= 0.3 is 6.18 Å². The summed E-state index contributed by atoms with van der Waals surface area (Å²) in [6.45, 7) is 4.49. The Morgan fingerprint density at radius 1 is 1.21 bits per heavy atom. The average Bonchev–Trinajstić information content (AvgIpc) is 3.13. The van der Waals surface area contributed by atoms with Gasteiger partial charge in [0.15, 0.2) is 0 Å². The van der Waals surface area contributed by atoms with Crippen LogP contribution in [0.4, 0.5) is 13.2 Å². The first-order chi connectivity index (χ1) is 11.4. The monoisotopic (exact) mass is 352 g/mol. The Morgan fingerprint density at radius 2 is 2.00 bits per heavy atom. The van der Waals surface area contributed by atoms with Crippen LogP contribution < -0.4 is 0 Å². The van der Waals surface area contributed by atoms with Gasteiger partial charge in [-0.1, -0.05) is 30.4 Å². The second-order valence-electron chi connectivity index (χ2n) is 5.39. The van der Waals surface area contributed by atoms with E-state index in [1.54, 1.807) is 10.7 Å². The summed E-state index contributed by atoms with van der Waals surface area (Å²) in [5.74, 6) is 0. The molecule has 0 bridgehead atoms. The fourth-order valence-electron chi connectivity index (χ4n) is 2.39. The van der Waals surface area contributed by atoms with Crippen molar-refractivity contribution in [1.29, 1.82) is 0 Å². The number of halogens is 3. The molecule has 3 rings (SSSR count). The Kier molecular flexibility index (Phi) is 4.40. The molecule has 1 aromatic carbocycles. The lowest BCUT2D eigenvalue weighted by molar-refractivity contribution is -0.137. The molecule has 3 aromatic rings. The van der Waals surface area contributed by atoms with Crippen molar-refractivity contribution in [1.82, 2.24) is 20.0 Å². The van der Waals surface area contributed by atoms with Crippen LogP contribution in [0.25, 0.3) is 10.6 Å². The molecule has 0 fully saturated rings. The third kappa shape index (κ3) is 3.48. The van der Waals surface area contributed by atoms with Crippen LogP contribution in [0.5, 0.6) is 0 Å². The lowest BCUT2D eigenvalue weighted by Crippen LogP contribution is -2.04. The molecule has 0 N–H and O–H groups in total. The normalized spacial score (nSPS) is 11.9. The topological polar surface area (TPSA) is 43.6 Å². The molecule has 2 aromatic heterocycles. The van der Waals surface area contributed by atoms with E-state index in [1.807, 2.05) is 20.0 Å². The summed E-state index contributed by atoms with van der Waals surface area (Å²) in [5, 5.41) is 13.7. The van der Waals surface area contributed by atoms with E-state index in [-0.39, 0.29) is 0 Å². The van der Waals surface area contributed by atoms with Crippen molar-refractivity contribution < 1.29 is 13.2 Å². The smallest absolute Gasteiger partial charge is 0.265 e. The van der Waals surface area contributed by atoms with Crippen LogP contribution in [0.2, 0.25) is 0 Å². The molecule has 126 valence electrons. The highest BCUT2D eigenvalue weighted by atomic mass is 32.1. The number of aryl methyl sites for hydroxylation is 2. The number of alkyl halides is 3. The molecule has 0 radical (unpaired) electrons. The van der Waals surface area contributed by atoms with Crippen LogP contribution in [0, 0.1) is 6.92 Å². The second kappa shape index (κ2) is 6.35. The van der Waals surface area contributed by atoms with Gasteiger partial charge in [-0.3, -0.25) is 4.68 Å². The molecule has 0 spiro atoms. The predicted octanol–water partition coefficient (Wildman–Crippen LogP) is 4.34. The number of hydrogen-bond acceptors (Lipinski definition) is 4. The summed E-state index contributed by atoms with van der Waals surface area (Å²) < 4.78 is 40.2. The van der Waals surface area contributed by atoms with Gasteiger partial charge in [-0.25, -0.2) is 0 Å². The third-order valence-corrected chi connectivity index (χ3v) is 4.54. The molecular formula is C16H15F3N4S. The molecule has 0 atom stereocenters. The Bertz CT molecular complexity index is 851. The van der Waals surface area contributed by atoms with E-state index < -0.39 is 11.7 Å². The van der Waals surface area contributed by atoms with Gasteiger partial charge in [0.05, 0.1) is 17.8 Å². The van der Waals surface area contributed by atoms with E-state index in [0.717, 1.165) is 29.8 Å². The van der Waals surface area contributed by atoms with Crippen molar-refractivity contribution in [3.8, 4) is 10.6 Å². The van der Waals surface area contributed by atoms with E-state index in [9.17, 15) is 13.2 Å². The first kappa shape index (κ1) is 16.6. The minimum atomic E-state index is -4.37. The molecule has 0 amide bonds. The Balaban J connectivity index is 1.83. The van der Waals surface area contributed by atoms with Gasteiger partial charge in [0, 0.05) is 11.8 Å². The van der Waals surface area contributed by atoms with Crippen molar-refractivity contribution >= 4 is 11.3 Å². The van der Waals surface area contributed by atoms with Gasteiger partial charge < -0.3 is 0 Å². The Labute approximate surface area is 141 Å². The summed E-state index contributed by atoms with van der Waals surface area (Å²) in [6.07, 6.45) is -1.58. The number of rotatable bonds is 4. The van der Waals surface area contributed by atoms with E-state index in [1.165, 1.54) is 17.4 Å². The van der Waals surface area contributed by atoms with Gasteiger partial charge in [0.25, 0.3) is 0 Å². The average molecular weight is 352 g/mol. The maximum Gasteiger partial charge on any atom is 0.416 e. The van der Waals surface area contributed by atoms with Crippen LogP contribution >= 0.6 is 11.3 Å². The second-order valence-corrected chi connectivity index (χ2v) is 6.45. The van der Waals surface area contributed by atoms with Crippen molar-refractivity contribution in [2.24, 2.45) is 0 Å². The SMILES string of the molecule is CCc1nn(Cc2nnc(-c3cccc(C(F)(F)F)c3)s2)cc1C. The summed E-state index contributed by atoms with van der Waals surface area (Å²) >= 11 is 1.27. The standard InChI is InChI=1S/C16H15F3N4S/c1-3-13-10(2)8-23(22-13)9-14-20-21-15(24-14)11-5-4-6-12(7-11)16(17,18)19/h4-8H,3,9H2,1-2H3. The molecule has 0 aliphatic heterocycles. The zero-order chi connectivity index (χ0) is 17.3. The highest BCUT2D eigenvalue weighted by Crippen LogP contribution is 2.33. The van der Waals surface area contributed by atoms with Gasteiger partial charge in [-0.15, -0.1) is 10.2 Å². The van der Waals surface area contributed by atoms with E-state index in [4.69, 9.17) is 0 Å². The summed E-state index contributed by atoms with van der Waals surface area (Å²) in [7, 11) is 0. The minimum Gasteiger partial charge on any atom is -0.265 e. The largest absolute Gasteiger partial charge is 0.416 e. The number of nitrogens with zero attached hydrogens (tertiary/aromatic N) is 4. The highest BCUT2D eigenvalue weighted by molar-refractivity contribution is 7.14. The maximum atomic E-state index is 12.8. The molecule has 0 aliphatic rings. The molecule has 8 heteroatoms. The fourth-order valence-corrected chi connectivity index (χ4v) is 3.22. The summed E-state index contributed by atoms with van der Waals surface area (Å²) in [5.41, 5.74) is 1.87. The molecular weight excluding hydrogens is 337 g/mol. The van der Waals surface area contributed by atoms with Crippen molar-refractivity contribution in [3.63, 3.8) is 0 Å². The quantitative estimate of drug-likeness (QED) is 0.702. The van der Waals surface area contributed by atoms with Gasteiger partial charge in [-0.05, 0) is 31.0 Å². The third-order valence-electron chi connectivity index (χ3n) is 3.58. The van der Waals surface area contributed by atoms with Crippen LogP contribution in [0.3, 0.4) is 0 Å². The van der Waals surface area contributed by atoms with Crippen LogP contribution in [-0.4, -0.2) is 20.0 Å². The van der Waals surface area contributed by atoms with Crippen LogP contribution in [0.1, 0.15) is 28.8 Å². The first-order valence-corrected chi connectivity index (χ1v) is 8.21. The van der Waals surface area contributed by atoms with Crippen LogP contribution in [0.15, 0.2) is 30.5 Å². The molecule has 0 saturated carbocycles. The molecule has 2 heterocycles. The Hall–Kier alpha value is -2.22. The van der Waals surface area contributed by atoms with Gasteiger partial charge in [0.1, 0.15) is 10.0 Å². The van der Waals surface area contributed by atoms with Crippen LogP contribution in [-0.2, 0) is 19.1 Å². The van der Waals surface area contributed by atoms with E-state index in [2.05, 4.69) is 15.3 Å². The lowest BCUT2D eigenvalue weighted by atomic mass is 10.1. The minimum absolute atomic E-state index is 0.416. The van der Waals surface area contributed by atoms with Crippen molar-refractivity contribution in [3.05, 3.63) is 52.3 Å². The number of benzene rings is 1. The van der Waals surface area contributed by atoms with E-state index in [0.29, 0.717) is 22.1 Å². The van der Waals surface area contributed by atoms with Crippen molar-refractivity contribution in [2.75, 3.05) is 0 Å². The summed E-state index contributed by atoms with van der Waals surface area (Å²) in [6, 6.07) is 5.12. The highest BCUT2D eigenvalue weighted by Gasteiger charge is 2.30. The van der Waals surface area contributed by atoms with Gasteiger partial charge in [-0.2, -0.15) is 18.3 Å². The number of hydrogen-bond donors (Lipinski definition) is 0. The predicted molar refractivity (Wildman–Crippen MR) is 85.8 cm³/mol. The summed E-state index contributed by atoms with van der Waals surface area (Å²) in [4.78, 5) is 0. The van der Waals surface area contributed by atoms with Gasteiger partial charge in [0.2, 0.25) is 0 Å². The maximum absolute atomic E-state index is 12.8. The Morgan fingerprint density at radius 3 is 2.67 bits per heavy atom. The number of aromatic nitrogens is 4.